The normalized spacial score (nSPS) is 27.9. The van der Waals surface area contributed by atoms with Crippen LogP contribution in [-0.4, -0.2) is 58.5 Å². The van der Waals surface area contributed by atoms with E-state index in [2.05, 4.69) is 12.2 Å². The van der Waals surface area contributed by atoms with Crippen LogP contribution in [0.2, 0.25) is 0 Å². The molecular formula is C15H29NO4. The van der Waals surface area contributed by atoms with Gasteiger partial charge in [-0.25, -0.2) is 0 Å². The average Bonchev–Trinajstić information content (AvgIpc) is 2.48. The van der Waals surface area contributed by atoms with Crippen LogP contribution >= 0.6 is 0 Å². The molecule has 0 aliphatic carbocycles. The van der Waals surface area contributed by atoms with Gasteiger partial charge in [0.2, 0.25) is 0 Å². The van der Waals surface area contributed by atoms with E-state index in [0.717, 1.165) is 52.0 Å². The van der Waals surface area contributed by atoms with Crippen LogP contribution in [-0.2, 0) is 18.9 Å². The molecule has 0 radical (unpaired) electrons. The van der Waals surface area contributed by atoms with Crippen LogP contribution in [0.25, 0.3) is 0 Å². The van der Waals surface area contributed by atoms with E-state index in [1.165, 1.54) is 0 Å². The fourth-order valence-corrected chi connectivity index (χ4v) is 3.57. The van der Waals surface area contributed by atoms with Gasteiger partial charge in [-0.1, -0.05) is 6.92 Å². The zero-order valence-corrected chi connectivity index (χ0v) is 13.0. The number of nitrogens with one attached hydrogen (secondary N) is 1. The van der Waals surface area contributed by atoms with Crippen molar-refractivity contribution in [1.82, 2.24) is 5.32 Å². The first-order valence-electron chi connectivity index (χ1n) is 7.75. The fourth-order valence-electron chi connectivity index (χ4n) is 3.57. The molecule has 118 valence electrons. The molecule has 5 nitrogen and oxygen atoms in total. The van der Waals surface area contributed by atoms with Gasteiger partial charge in [0.15, 0.2) is 6.29 Å². The Hall–Kier alpha value is -0.200. The molecule has 1 N–H and O–H groups in total. The maximum absolute atomic E-state index is 6.12. The molecule has 1 spiro atoms. The van der Waals surface area contributed by atoms with Crippen LogP contribution in [0.1, 0.15) is 32.6 Å². The lowest BCUT2D eigenvalue weighted by atomic mass is 9.77. The molecule has 2 aliphatic rings. The van der Waals surface area contributed by atoms with Gasteiger partial charge in [0.05, 0.1) is 11.6 Å². The molecule has 0 saturated carbocycles. The highest BCUT2D eigenvalue weighted by atomic mass is 16.7. The third kappa shape index (κ3) is 3.71. The van der Waals surface area contributed by atoms with E-state index in [1.54, 1.807) is 14.2 Å². The predicted molar refractivity (Wildman–Crippen MR) is 76.7 cm³/mol. The van der Waals surface area contributed by atoms with Crippen molar-refractivity contribution in [3.63, 3.8) is 0 Å². The summed E-state index contributed by atoms with van der Waals surface area (Å²) in [5.74, 6) is 0.520. The molecule has 0 aromatic rings. The van der Waals surface area contributed by atoms with Crippen molar-refractivity contribution in [1.29, 1.82) is 0 Å². The van der Waals surface area contributed by atoms with Crippen LogP contribution < -0.4 is 5.32 Å². The minimum atomic E-state index is -0.199. The van der Waals surface area contributed by atoms with Gasteiger partial charge < -0.3 is 24.3 Å². The molecule has 2 heterocycles. The second-order valence-electron chi connectivity index (χ2n) is 5.82. The highest BCUT2D eigenvalue weighted by molar-refractivity contribution is 4.93. The van der Waals surface area contributed by atoms with Crippen molar-refractivity contribution >= 4 is 0 Å². The number of rotatable bonds is 6. The second kappa shape index (κ2) is 7.71. The lowest BCUT2D eigenvalue weighted by Gasteiger charge is -2.46. The Morgan fingerprint density at radius 2 is 1.90 bits per heavy atom. The summed E-state index contributed by atoms with van der Waals surface area (Å²) in [6, 6.07) is 0.221. The maximum Gasteiger partial charge on any atom is 0.172 e. The van der Waals surface area contributed by atoms with Gasteiger partial charge in [-0.2, -0.15) is 0 Å². The first kappa shape index (κ1) is 16.2. The molecule has 2 rings (SSSR count). The number of likely N-dealkylation sites (N-methyl/N-ethyl adjacent to an activating group) is 1. The molecule has 20 heavy (non-hydrogen) atoms. The summed E-state index contributed by atoms with van der Waals surface area (Å²) in [4.78, 5) is 0. The van der Waals surface area contributed by atoms with Gasteiger partial charge in [0.1, 0.15) is 0 Å². The Kier molecular flexibility index (Phi) is 6.23. The SMILES string of the molecule is CCNC(C1CCOC2(CCOCC2)C1)C(OC)OC. The molecular weight excluding hydrogens is 258 g/mol. The standard InChI is InChI=1S/C15H29NO4/c1-4-16-13(14(17-2)18-3)12-5-8-20-15(11-12)6-9-19-10-7-15/h12-14,16H,4-11H2,1-3H3. The smallest absolute Gasteiger partial charge is 0.172 e. The predicted octanol–water partition coefficient (Wildman–Crippen LogP) is 1.56. The summed E-state index contributed by atoms with van der Waals surface area (Å²) < 4.78 is 22.6. The van der Waals surface area contributed by atoms with Gasteiger partial charge >= 0.3 is 0 Å². The van der Waals surface area contributed by atoms with Gasteiger partial charge in [-0.15, -0.1) is 0 Å². The van der Waals surface area contributed by atoms with Gasteiger partial charge in [0, 0.05) is 34.0 Å². The Balaban J connectivity index is 2.04. The number of ether oxygens (including phenoxy) is 4. The van der Waals surface area contributed by atoms with Gasteiger partial charge in [-0.3, -0.25) is 0 Å². The number of hydrogen-bond donors (Lipinski definition) is 1. The zero-order valence-electron chi connectivity index (χ0n) is 13.0. The van der Waals surface area contributed by atoms with Crippen LogP contribution in [0.3, 0.4) is 0 Å². The van der Waals surface area contributed by atoms with E-state index >= 15 is 0 Å². The largest absolute Gasteiger partial charge is 0.381 e. The Bertz CT molecular complexity index is 272. The Morgan fingerprint density at radius 3 is 2.50 bits per heavy atom. The Labute approximate surface area is 122 Å². The molecule has 5 heteroatoms. The molecule has 0 aromatic heterocycles. The van der Waals surface area contributed by atoms with E-state index in [4.69, 9.17) is 18.9 Å². The minimum Gasteiger partial charge on any atom is -0.381 e. The summed E-state index contributed by atoms with van der Waals surface area (Å²) in [6.45, 7) is 5.50. The van der Waals surface area contributed by atoms with Crippen LogP contribution in [0.5, 0.6) is 0 Å². The molecule has 2 saturated heterocycles. The lowest BCUT2D eigenvalue weighted by Crippen LogP contribution is -2.53. The van der Waals surface area contributed by atoms with E-state index < -0.39 is 0 Å². The summed E-state index contributed by atoms with van der Waals surface area (Å²) in [6.07, 6.45) is 3.94. The monoisotopic (exact) mass is 287 g/mol. The Morgan fingerprint density at radius 1 is 1.20 bits per heavy atom. The molecule has 2 fully saturated rings. The van der Waals surface area contributed by atoms with Crippen molar-refractivity contribution in [3.8, 4) is 0 Å². The molecule has 2 aliphatic heterocycles. The lowest BCUT2D eigenvalue weighted by molar-refractivity contribution is -0.176. The third-order valence-corrected chi connectivity index (χ3v) is 4.64. The van der Waals surface area contributed by atoms with Crippen LogP contribution in [0, 0.1) is 5.92 Å². The third-order valence-electron chi connectivity index (χ3n) is 4.64. The van der Waals surface area contributed by atoms with Gasteiger partial charge in [0.25, 0.3) is 0 Å². The highest BCUT2D eigenvalue weighted by Gasteiger charge is 2.42. The van der Waals surface area contributed by atoms with E-state index in [9.17, 15) is 0 Å². The van der Waals surface area contributed by atoms with Gasteiger partial charge in [-0.05, 0) is 38.1 Å². The van der Waals surface area contributed by atoms with Crippen molar-refractivity contribution in [2.45, 2.75) is 50.5 Å². The summed E-state index contributed by atoms with van der Waals surface area (Å²) in [5.41, 5.74) is 0.0148. The quantitative estimate of drug-likeness (QED) is 0.751. The minimum absolute atomic E-state index is 0.0148. The molecule has 2 atom stereocenters. The zero-order chi connectivity index (χ0) is 14.4. The van der Waals surface area contributed by atoms with E-state index in [1.807, 2.05) is 0 Å². The van der Waals surface area contributed by atoms with Crippen molar-refractivity contribution < 1.29 is 18.9 Å². The van der Waals surface area contributed by atoms with Crippen molar-refractivity contribution in [2.75, 3.05) is 40.6 Å². The number of hydrogen-bond acceptors (Lipinski definition) is 5. The summed E-state index contributed by atoms with van der Waals surface area (Å²) in [5, 5.41) is 3.54. The summed E-state index contributed by atoms with van der Waals surface area (Å²) >= 11 is 0. The van der Waals surface area contributed by atoms with E-state index in [-0.39, 0.29) is 17.9 Å². The molecule has 0 bridgehead atoms. The molecule has 0 aromatic carbocycles. The topological polar surface area (TPSA) is 49.0 Å². The van der Waals surface area contributed by atoms with Crippen LogP contribution in [0.15, 0.2) is 0 Å². The van der Waals surface area contributed by atoms with E-state index in [0.29, 0.717) is 5.92 Å². The van der Waals surface area contributed by atoms with Crippen molar-refractivity contribution in [3.05, 3.63) is 0 Å². The number of methoxy groups -OCH3 is 2. The molecule has 0 amide bonds. The fraction of sp³-hybridized carbons (Fsp3) is 1.00. The maximum atomic E-state index is 6.12. The van der Waals surface area contributed by atoms with Crippen LogP contribution in [0.4, 0.5) is 0 Å². The summed E-state index contributed by atoms with van der Waals surface area (Å²) in [7, 11) is 3.42. The van der Waals surface area contributed by atoms with Crippen molar-refractivity contribution in [2.24, 2.45) is 5.92 Å². The first-order valence-corrected chi connectivity index (χ1v) is 7.75. The molecule has 2 unspecified atom stereocenters. The second-order valence-corrected chi connectivity index (χ2v) is 5.82. The first-order chi connectivity index (χ1) is 9.74. The average molecular weight is 287 g/mol. The highest BCUT2D eigenvalue weighted by Crippen LogP contribution is 2.39.